The first kappa shape index (κ1) is 23.0. The first-order chi connectivity index (χ1) is 17.0. The fourth-order valence-electron chi connectivity index (χ4n) is 3.87. The molecule has 1 aliphatic heterocycles. The van der Waals surface area contributed by atoms with E-state index in [9.17, 15) is 9.18 Å². The van der Waals surface area contributed by atoms with Gasteiger partial charge in [0.05, 0.1) is 4.70 Å². The second-order valence-corrected chi connectivity index (χ2v) is 8.81. The lowest BCUT2D eigenvalue weighted by atomic mass is 10.0. The van der Waals surface area contributed by atoms with Gasteiger partial charge < -0.3 is 15.5 Å². The molecule has 0 bridgehead atoms. The van der Waals surface area contributed by atoms with Crippen molar-refractivity contribution in [2.75, 3.05) is 42.9 Å². The van der Waals surface area contributed by atoms with E-state index < -0.39 is 17.7 Å². The van der Waals surface area contributed by atoms with Crippen LogP contribution in [0.1, 0.15) is 6.92 Å². The molecule has 0 radical (unpaired) electrons. The third-order valence-electron chi connectivity index (χ3n) is 5.53. The van der Waals surface area contributed by atoms with Crippen LogP contribution < -0.4 is 20.9 Å². The number of carbonyl (C=O) groups is 1. The van der Waals surface area contributed by atoms with Crippen molar-refractivity contribution in [3.8, 4) is 22.4 Å². The summed E-state index contributed by atoms with van der Waals surface area (Å²) >= 11 is 1.05. The third kappa shape index (κ3) is 4.62. The normalized spacial score (nSPS) is 13.7. The summed E-state index contributed by atoms with van der Waals surface area (Å²) in [6, 6.07) is 3.84. The molecule has 180 valence electrons. The number of nitrogens with one attached hydrogen (secondary N) is 3. The van der Waals surface area contributed by atoms with E-state index in [-0.39, 0.29) is 21.9 Å². The topological polar surface area (TPSA) is 108 Å². The average molecular weight is 497 g/mol. The zero-order chi connectivity index (χ0) is 24.4. The Morgan fingerprint density at radius 3 is 2.66 bits per heavy atom. The molecule has 9 nitrogen and oxygen atoms in total. The molecule has 1 saturated heterocycles. The van der Waals surface area contributed by atoms with E-state index in [2.05, 4.69) is 35.9 Å². The Hall–Kier alpha value is -3.77. The van der Waals surface area contributed by atoms with Gasteiger partial charge in [0.25, 0.3) is 0 Å². The summed E-state index contributed by atoms with van der Waals surface area (Å²) in [4.78, 5) is 31.4. The number of fused-ring (bicyclic) bond motifs is 1. The number of hydrogen-bond acceptors (Lipinski definition) is 8. The predicted octanol–water partition coefficient (Wildman–Crippen LogP) is 3.64. The fourth-order valence-corrected chi connectivity index (χ4v) is 4.84. The maximum atomic E-state index is 15.7. The molecular weight excluding hydrogens is 474 g/mol. The van der Waals surface area contributed by atoms with Gasteiger partial charge in [0.2, 0.25) is 5.95 Å². The van der Waals surface area contributed by atoms with Crippen molar-refractivity contribution in [2.24, 2.45) is 0 Å². The maximum absolute atomic E-state index is 15.7. The Morgan fingerprint density at radius 1 is 1.17 bits per heavy atom. The summed E-state index contributed by atoms with van der Waals surface area (Å²) in [6.45, 7) is 5.44. The van der Waals surface area contributed by atoms with Crippen molar-refractivity contribution < 1.29 is 13.6 Å². The highest BCUT2D eigenvalue weighted by atomic mass is 32.1. The minimum Gasteiger partial charge on any atom is -0.338 e. The van der Waals surface area contributed by atoms with Gasteiger partial charge in [0, 0.05) is 68.0 Å². The van der Waals surface area contributed by atoms with Crippen LogP contribution in [0.3, 0.4) is 0 Å². The molecule has 5 rings (SSSR count). The molecule has 0 unspecified atom stereocenters. The number of carbonyl (C=O) groups excluding carboxylic acids is 1. The van der Waals surface area contributed by atoms with Crippen LogP contribution in [0.2, 0.25) is 0 Å². The Morgan fingerprint density at radius 2 is 1.94 bits per heavy atom. The highest BCUT2D eigenvalue weighted by molar-refractivity contribution is 7.22. The van der Waals surface area contributed by atoms with Crippen molar-refractivity contribution in [1.82, 2.24) is 30.6 Å². The van der Waals surface area contributed by atoms with Crippen LogP contribution in [0.15, 0.2) is 36.8 Å². The van der Waals surface area contributed by atoms with Crippen LogP contribution in [-0.2, 0) is 0 Å². The second kappa shape index (κ2) is 9.84. The summed E-state index contributed by atoms with van der Waals surface area (Å²) < 4.78 is 30.8. The predicted molar refractivity (Wildman–Crippen MR) is 132 cm³/mol. The van der Waals surface area contributed by atoms with E-state index in [1.165, 1.54) is 24.4 Å². The summed E-state index contributed by atoms with van der Waals surface area (Å²) in [5.74, 6) is -0.600. The van der Waals surface area contributed by atoms with E-state index in [0.29, 0.717) is 28.3 Å². The third-order valence-corrected chi connectivity index (χ3v) is 6.53. The van der Waals surface area contributed by atoms with E-state index >= 15 is 4.39 Å². The lowest BCUT2D eigenvalue weighted by molar-refractivity contribution is 0.252. The zero-order valence-corrected chi connectivity index (χ0v) is 19.6. The van der Waals surface area contributed by atoms with Crippen molar-refractivity contribution in [2.45, 2.75) is 6.92 Å². The van der Waals surface area contributed by atoms with Crippen molar-refractivity contribution in [3.05, 3.63) is 48.4 Å². The number of aromatic nitrogens is 4. The van der Waals surface area contributed by atoms with Crippen molar-refractivity contribution in [1.29, 1.82) is 0 Å². The number of halogens is 2. The number of thiazole rings is 1. The molecule has 0 atom stereocenters. The highest BCUT2D eigenvalue weighted by Crippen LogP contribution is 2.40. The number of benzene rings is 1. The van der Waals surface area contributed by atoms with Crippen LogP contribution in [0.25, 0.3) is 32.6 Å². The maximum Gasteiger partial charge on any atom is 0.321 e. The van der Waals surface area contributed by atoms with Gasteiger partial charge in [0.15, 0.2) is 10.9 Å². The van der Waals surface area contributed by atoms with E-state index in [1.807, 2.05) is 4.90 Å². The van der Waals surface area contributed by atoms with Crippen LogP contribution in [0, 0.1) is 11.6 Å². The molecule has 35 heavy (non-hydrogen) atoms. The van der Waals surface area contributed by atoms with Gasteiger partial charge in [-0.05, 0) is 25.1 Å². The summed E-state index contributed by atoms with van der Waals surface area (Å²) in [6.07, 6.45) is 4.56. The number of amides is 2. The molecule has 0 saturated carbocycles. The number of anilines is 2. The SMILES string of the molecule is CCNC(=O)Nc1nc2c(F)c(-c3cnc(N4CCNCC4)nc3)cc(-c3ncccc3F)c2s1. The quantitative estimate of drug-likeness (QED) is 0.387. The number of pyridine rings is 1. The minimum atomic E-state index is -0.612. The molecular formula is C23H22F2N8OS. The number of nitrogens with zero attached hydrogens (tertiary/aromatic N) is 5. The monoisotopic (exact) mass is 496 g/mol. The summed E-state index contributed by atoms with van der Waals surface area (Å²) in [7, 11) is 0. The second-order valence-electron chi connectivity index (χ2n) is 7.81. The summed E-state index contributed by atoms with van der Waals surface area (Å²) in [5.41, 5.74) is 1.02. The van der Waals surface area contributed by atoms with Gasteiger partial charge in [-0.3, -0.25) is 10.3 Å². The molecule has 1 aromatic carbocycles. The van der Waals surface area contributed by atoms with Gasteiger partial charge in [0.1, 0.15) is 17.0 Å². The lowest BCUT2D eigenvalue weighted by Gasteiger charge is -2.27. The molecule has 4 aromatic rings. The summed E-state index contributed by atoms with van der Waals surface area (Å²) in [5, 5.41) is 8.66. The van der Waals surface area contributed by atoms with Gasteiger partial charge in [-0.1, -0.05) is 11.3 Å². The molecule has 0 aliphatic carbocycles. The fraction of sp³-hybridized carbons (Fsp3) is 0.261. The Bertz CT molecular complexity index is 1370. The molecule has 1 fully saturated rings. The molecule has 0 spiro atoms. The molecule has 1 aliphatic rings. The van der Waals surface area contributed by atoms with Crippen LogP contribution >= 0.6 is 11.3 Å². The van der Waals surface area contributed by atoms with Gasteiger partial charge in [-0.2, -0.15) is 0 Å². The van der Waals surface area contributed by atoms with Gasteiger partial charge >= 0.3 is 6.03 Å². The molecule has 3 aromatic heterocycles. The molecule has 2 amide bonds. The van der Waals surface area contributed by atoms with Crippen molar-refractivity contribution in [3.63, 3.8) is 0 Å². The Balaban J connectivity index is 1.61. The average Bonchev–Trinajstić information content (AvgIpc) is 3.30. The minimum absolute atomic E-state index is 0.00512. The van der Waals surface area contributed by atoms with Crippen molar-refractivity contribution >= 4 is 38.7 Å². The Labute approximate surface area is 203 Å². The number of piperazine rings is 1. The smallest absolute Gasteiger partial charge is 0.321 e. The van der Waals surface area contributed by atoms with Gasteiger partial charge in [-0.15, -0.1) is 0 Å². The molecule has 3 N–H and O–H groups in total. The largest absolute Gasteiger partial charge is 0.338 e. The zero-order valence-electron chi connectivity index (χ0n) is 18.8. The lowest BCUT2D eigenvalue weighted by Crippen LogP contribution is -2.44. The van der Waals surface area contributed by atoms with E-state index in [4.69, 9.17) is 0 Å². The van der Waals surface area contributed by atoms with Crippen LogP contribution in [0.5, 0.6) is 0 Å². The van der Waals surface area contributed by atoms with E-state index in [0.717, 1.165) is 37.5 Å². The number of urea groups is 1. The van der Waals surface area contributed by atoms with Crippen LogP contribution in [-0.4, -0.2) is 58.7 Å². The number of hydrogen-bond donors (Lipinski definition) is 3. The number of rotatable bonds is 5. The Kier molecular flexibility index (Phi) is 6.47. The molecule has 4 heterocycles. The standard InChI is InChI=1S/C23H22F2N8OS/c1-2-27-22(34)32-23-31-19-17(25)14(10-15(20(19)35-23)18-16(24)4-3-5-28-18)13-11-29-21(30-12-13)33-8-6-26-7-9-33/h3-5,10-12,26H,2,6-9H2,1H3,(H2,27,31,32,34). The molecule has 12 heteroatoms. The van der Waals surface area contributed by atoms with Gasteiger partial charge in [-0.25, -0.2) is 28.5 Å². The first-order valence-corrected chi connectivity index (χ1v) is 11.9. The van der Waals surface area contributed by atoms with Crippen LogP contribution in [0.4, 0.5) is 24.7 Å². The van der Waals surface area contributed by atoms with E-state index in [1.54, 1.807) is 19.3 Å². The highest BCUT2D eigenvalue weighted by Gasteiger charge is 2.23. The first-order valence-electron chi connectivity index (χ1n) is 11.1.